The molecule has 2 N–H and O–H groups in total. The number of rotatable bonds is 3. The van der Waals surface area contributed by atoms with Crippen molar-refractivity contribution in [1.29, 1.82) is 0 Å². The maximum absolute atomic E-state index is 12.9. The Morgan fingerprint density at radius 1 is 0.352 bits per heavy atom. The Hall–Kier alpha value is -15.8. The first-order valence-corrected chi connectivity index (χ1v) is 49.4. The first-order valence-electron chi connectivity index (χ1n) is 49.4. The fourth-order valence-electron chi connectivity index (χ4n) is 23.0. The molecule has 712 valence electrons. The molecule has 0 saturated carbocycles. The Kier molecular flexibility index (Phi) is 24.2. The topological polar surface area (TPSA) is 253 Å². The van der Waals surface area contributed by atoms with E-state index in [1.807, 2.05) is 199 Å². The summed E-state index contributed by atoms with van der Waals surface area (Å²) in [7, 11) is 0. The van der Waals surface area contributed by atoms with Crippen molar-refractivity contribution in [2.75, 3.05) is 76.1 Å². The number of benzene rings is 13. The van der Waals surface area contributed by atoms with Crippen LogP contribution >= 0.6 is 0 Å². The van der Waals surface area contributed by atoms with E-state index in [2.05, 4.69) is 128 Å². The maximum atomic E-state index is 12.9. The van der Waals surface area contributed by atoms with Crippen LogP contribution in [0.2, 0.25) is 0 Å². The van der Waals surface area contributed by atoms with E-state index in [-0.39, 0.29) is 46.4 Å². The number of carbonyl (C=O) groups is 5. The van der Waals surface area contributed by atoms with Crippen LogP contribution in [-0.4, -0.2) is 142 Å². The maximum Gasteiger partial charge on any atom is 0.412 e. The van der Waals surface area contributed by atoms with Gasteiger partial charge in [0, 0.05) is 115 Å². The fourth-order valence-corrected chi connectivity index (χ4v) is 23.0. The van der Waals surface area contributed by atoms with Crippen molar-refractivity contribution < 1.29 is 61.7 Å². The summed E-state index contributed by atoms with van der Waals surface area (Å²) < 4.78 is 48.3. The van der Waals surface area contributed by atoms with Gasteiger partial charge in [-0.25, -0.2) is 19.8 Å². The lowest BCUT2D eigenvalue weighted by Gasteiger charge is -2.45. The van der Waals surface area contributed by atoms with Gasteiger partial charge in [0.05, 0.1) is 58.6 Å². The van der Waals surface area contributed by atoms with Crippen molar-refractivity contribution in [3.8, 4) is 34.5 Å². The summed E-state index contributed by atoms with van der Waals surface area (Å²) in [6.45, 7) is 10.6. The van der Waals surface area contributed by atoms with Crippen LogP contribution in [0, 0.1) is 0 Å². The minimum Gasteiger partial charge on any atom is -0.454 e. The number of nitrogens with zero attached hydrogens (tertiary/aromatic N) is 9. The van der Waals surface area contributed by atoms with E-state index in [1.54, 1.807) is 29.2 Å². The summed E-state index contributed by atoms with van der Waals surface area (Å²) in [4.78, 5) is 87.1. The van der Waals surface area contributed by atoms with Crippen LogP contribution in [0.5, 0.6) is 34.5 Å². The van der Waals surface area contributed by atoms with Gasteiger partial charge in [-0.2, -0.15) is 0 Å². The quantitative estimate of drug-likeness (QED) is 0.156. The monoisotopic (exact) mass is 1890 g/mol. The van der Waals surface area contributed by atoms with Gasteiger partial charge in [0.2, 0.25) is 5.91 Å². The van der Waals surface area contributed by atoms with Gasteiger partial charge in [-0.1, -0.05) is 205 Å². The molecule has 0 unspecified atom stereocenters. The number of ether oxygens (including phenoxy) is 7. The van der Waals surface area contributed by atoms with Gasteiger partial charge in [0.15, 0.2) is 28.5 Å². The highest BCUT2D eigenvalue weighted by molar-refractivity contribution is 6.07. The molecule has 14 aromatic rings. The minimum absolute atomic E-state index is 0.00826. The summed E-state index contributed by atoms with van der Waals surface area (Å²) in [5, 5.41) is 10.3. The molecule has 13 heterocycles. The van der Waals surface area contributed by atoms with E-state index in [0.29, 0.717) is 67.7 Å². The van der Waals surface area contributed by atoms with Crippen LogP contribution < -0.4 is 24.8 Å². The number of likely N-dealkylation sites (tertiary alicyclic amines) is 5. The number of piperidine rings is 5. The lowest BCUT2D eigenvalue weighted by Crippen LogP contribution is -2.49. The third kappa shape index (κ3) is 17.4. The van der Waals surface area contributed by atoms with Gasteiger partial charge < -0.3 is 67.5 Å². The number of hydrogen-bond donors (Lipinski definition) is 2. The van der Waals surface area contributed by atoms with E-state index in [1.165, 1.54) is 46.7 Å². The third-order valence-corrected chi connectivity index (χ3v) is 30.4. The van der Waals surface area contributed by atoms with E-state index in [0.717, 1.165) is 224 Å². The van der Waals surface area contributed by atoms with Gasteiger partial charge in [-0.05, 0) is 217 Å². The largest absolute Gasteiger partial charge is 0.454 e. The average Bonchev–Trinajstić information content (AvgIpc) is 1.75. The number of fused-ring (bicyclic) bond motifs is 17. The van der Waals surface area contributed by atoms with Crippen molar-refractivity contribution in [3.63, 3.8) is 0 Å². The molecule has 0 atom stereocenters. The standard InChI is InChI=1S/C25H21N3O3.2C25H22N2O2.C22H22N2O4.C21H20N2O2/c29-24-27-19-9-3-2-8-18(19)25(31-24)13-15-28(16-14-25)23-17-7-1-5-11-21(17)30-22-12-6-4-10-20(22)26-23;2*1-3-9-20-18(7-1)17-28-25(20)13-15-27(16-14-25)24-19-8-2-5-11-22(19)29-23-12-6-4-10-21(23)26-24;1-15(25)23-18-8-6-16(7-9-18)21(27)24-12-10-22(11-13-24)19-5-3-2-4-17(19)14-20(26)28-22;24-20(19-16-6-2-4-8-18(16)25-22-19)23-13-11-21(12-14-23)10-9-15-5-1-3-7-17(15)21/h1-12H,13-16H2,(H,27,29);2*1-12H,13-17H2;2-9H,10-14H2,1H3,(H,23,25);1-8H,9-14H2. The van der Waals surface area contributed by atoms with Gasteiger partial charge >= 0.3 is 12.1 Å². The number of nitrogens with one attached hydrogen (secondary N) is 2. The van der Waals surface area contributed by atoms with Crippen molar-refractivity contribution in [3.05, 3.63) is 393 Å². The normalized spacial score (nSPS) is 18.5. The number of esters is 1. The van der Waals surface area contributed by atoms with Gasteiger partial charge in [0.1, 0.15) is 63.0 Å². The van der Waals surface area contributed by atoms with Gasteiger partial charge in [-0.15, -0.1) is 0 Å². The van der Waals surface area contributed by atoms with E-state index >= 15 is 0 Å². The van der Waals surface area contributed by atoms with E-state index in [9.17, 15) is 24.0 Å². The predicted octanol–water partition coefficient (Wildman–Crippen LogP) is 23.0. The van der Waals surface area contributed by atoms with Crippen LogP contribution in [0.4, 0.5) is 33.2 Å². The zero-order chi connectivity index (χ0) is 95.9. The molecular formula is C118H107N11O13. The molecular weight excluding hydrogens is 1780 g/mol. The van der Waals surface area contributed by atoms with Crippen LogP contribution in [0.25, 0.3) is 11.0 Å². The van der Waals surface area contributed by atoms with Crippen molar-refractivity contribution in [2.24, 2.45) is 15.0 Å². The number of aliphatic imine (C=N–C) groups is 3. The summed E-state index contributed by atoms with van der Waals surface area (Å²) in [6, 6.07) is 105. The Morgan fingerprint density at radius 2 is 0.739 bits per heavy atom. The summed E-state index contributed by atoms with van der Waals surface area (Å²) >= 11 is 0. The number of amidine groups is 3. The zero-order valence-corrected chi connectivity index (χ0v) is 79.0. The number of para-hydroxylation sites is 11. The highest BCUT2D eigenvalue weighted by atomic mass is 16.6. The second-order valence-corrected chi connectivity index (χ2v) is 38.5. The third-order valence-electron chi connectivity index (χ3n) is 30.4. The minimum atomic E-state index is -0.627. The molecule has 142 heavy (non-hydrogen) atoms. The number of aromatic nitrogens is 1. The lowest BCUT2D eigenvalue weighted by molar-refractivity contribution is -0.168. The number of aryl methyl sites for hydroxylation is 1. The van der Waals surface area contributed by atoms with E-state index in [4.69, 9.17) is 52.7 Å². The lowest BCUT2D eigenvalue weighted by atomic mass is 9.74. The molecule has 1 aliphatic carbocycles. The summed E-state index contributed by atoms with van der Waals surface area (Å²) in [5.41, 5.74) is 19.1. The van der Waals surface area contributed by atoms with Crippen LogP contribution in [0.3, 0.4) is 0 Å². The smallest absolute Gasteiger partial charge is 0.412 e. The Labute approximate surface area is 823 Å². The highest BCUT2D eigenvalue weighted by Crippen LogP contribution is 2.53. The molecule has 13 aliphatic rings. The van der Waals surface area contributed by atoms with Gasteiger partial charge in [0.25, 0.3) is 11.8 Å². The molecule has 0 radical (unpaired) electrons. The molecule has 27 rings (SSSR count). The van der Waals surface area contributed by atoms with Crippen molar-refractivity contribution in [1.82, 2.24) is 29.7 Å². The van der Waals surface area contributed by atoms with Crippen LogP contribution in [-0.2, 0) is 82.4 Å². The zero-order valence-electron chi connectivity index (χ0n) is 79.0. The molecule has 0 bridgehead atoms. The molecule has 13 aromatic carbocycles. The second-order valence-electron chi connectivity index (χ2n) is 38.5. The molecule has 1 aromatic heterocycles. The summed E-state index contributed by atoms with van der Waals surface area (Å²) in [5.74, 6) is 7.33. The molecule has 4 amide bonds. The Balaban J connectivity index is 0.0000000988. The number of carbonyl (C=O) groups excluding carboxylic acids is 5. The fraction of sp³-hybridized carbons (Fsp3) is 0.263. The van der Waals surface area contributed by atoms with E-state index < -0.39 is 11.2 Å². The Bertz CT molecular complexity index is 7130. The van der Waals surface area contributed by atoms with Gasteiger partial charge in [-0.3, -0.25) is 24.5 Å². The number of hydrogen-bond acceptors (Lipinski definition) is 20. The first-order chi connectivity index (χ1) is 69.6. The number of anilines is 2. The molecule has 12 aliphatic heterocycles. The van der Waals surface area contributed by atoms with Crippen molar-refractivity contribution >= 4 is 86.7 Å². The second kappa shape index (κ2) is 38.1. The van der Waals surface area contributed by atoms with Crippen molar-refractivity contribution in [2.45, 2.75) is 131 Å². The molecule has 24 nitrogen and oxygen atoms in total. The molecule has 5 fully saturated rings. The molecule has 24 heteroatoms. The average molecular weight is 1890 g/mol. The number of amides is 4. The first kappa shape index (κ1) is 90.1. The predicted molar refractivity (Wildman–Crippen MR) is 543 cm³/mol. The highest BCUT2D eigenvalue weighted by Gasteiger charge is 2.50. The molecule has 5 saturated heterocycles. The summed E-state index contributed by atoms with van der Waals surface area (Å²) in [6.07, 6.45) is 10.8. The van der Waals surface area contributed by atoms with Crippen LogP contribution in [0.1, 0.15) is 165 Å². The SMILES string of the molecule is CC(=O)Nc1ccc(C(=O)N2CCC3(CC2)OC(=O)Cc2ccccc23)cc1.O=C(c1noc2ccccc12)N1CCC2(CCc3ccccc32)CC1.O=C1Nc2ccccc2C2(CCN(C3=Nc4ccccc4Oc4ccccc43)CC2)O1.c1ccc2c(c1)COC21CCN(C2=Nc3ccccc3Oc3ccccc32)CC1.c1ccc2c(c1)COC21CCN(C2=Nc3ccccc3Oc3ccccc32)CC1. The van der Waals surface area contributed by atoms with Crippen LogP contribution in [0.15, 0.2) is 335 Å². The Morgan fingerprint density at radius 3 is 1.25 bits per heavy atom. The molecule has 5 spiro atoms.